The number of piperazine rings is 1. The van der Waals surface area contributed by atoms with E-state index in [-0.39, 0.29) is 36.0 Å². The Morgan fingerprint density at radius 2 is 1.78 bits per heavy atom. The van der Waals surface area contributed by atoms with Crippen LogP contribution in [-0.4, -0.2) is 60.8 Å². The van der Waals surface area contributed by atoms with Crippen LogP contribution >= 0.6 is 0 Å². The van der Waals surface area contributed by atoms with Crippen LogP contribution in [0.5, 0.6) is 0 Å². The van der Waals surface area contributed by atoms with E-state index in [2.05, 4.69) is 10.6 Å². The molecule has 1 aromatic carbocycles. The number of aliphatic carboxylic acids is 1. The lowest BCUT2D eigenvalue weighted by molar-refractivity contribution is -0.144. The Morgan fingerprint density at radius 3 is 2.33 bits per heavy atom. The van der Waals surface area contributed by atoms with Crippen molar-refractivity contribution in [3.63, 3.8) is 0 Å². The Labute approximate surface area is 156 Å². The molecule has 3 rings (SSSR count). The molecule has 146 valence electrons. The number of benzene rings is 1. The molecule has 0 spiro atoms. The van der Waals surface area contributed by atoms with Gasteiger partial charge in [-0.3, -0.25) is 9.59 Å². The molecule has 0 aromatic heterocycles. The second-order valence-corrected chi connectivity index (χ2v) is 8.70. The molecule has 1 aliphatic carbocycles. The third-order valence-corrected chi connectivity index (χ3v) is 6.84. The highest BCUT2D eigenvalue weighted by atomic mass is 32.2. The number of amides is 2. The summed E-state index contributed by atoms with van der Waals surface area (Å²) in [4.78, 5) is 35.4. The molecule has 0 unspecified atom stereocenters. The molecule has 2 aliphatic rings. The maximum atomic E-state index is 12.6. The quantitative estimate of drug-likeness (QED) is 0.639. The molecule has 0 atom stereocenters. The number of carboxylic acid groups (broad SMARTS) is 1. The van der Waals surface area contributed by atoms with Gasteiger partial charge < -0.3 is 15.7 Å². The van der Waals surface area contributed by atoms with Crippen molar-refractivity contribution in [3.8, 4) is 0 Å². The molecule has 1 saturated carbocycles. The molecule has 2 amide bonds. The van der Waals surface area contributed by atoms with E-state index in [0.717, 1.165) is 17.1 Å². The summed E-state index contributed by atoms with van der Waals surface area (Å²) in [5.74, 6) is -1.98. The van der Waals surface area contributed by atoms with Crippen LogP contribution < -0.4 is 10.6 Å². The van der Waals surface area contributed by atoms with Gasteiger partial charge in [0, 0.05) is 18.7 Å². The second kappa shape index (κ2) is 7.28. The molecule has 3 N–H and O–H groups in total. The fourth-order valence-electron chi connectivity index (χ4n) is 3.41. The van der Waals surface area contributed by atoms with Crippen LogP contribution in [-0.2, 0) is 19.6 Å². The van der Waals surface area contributed by atoms with Crippen molar-refractivity contribution in [2.45, 2.75) is 36.1 Å². The monoisotopic (exact) mass is 395 g/mol. The van der Waals surface area contributed by atoms with E-state index in [4.69, 9.17) is 0 Å². The lowest BCUT2D eigenvalue weighted by Crippen LogP contribution is -2.52. The predicted molar refractivity (Wildman–Crippen MR) is 94.5 cm³/mol. The topological polar surface area (TPSA) is 133 Å². The zero-order valence-corrected chi connectivity index (χ0v) is 15.4. The van der Waals surface area contributed by atoms with E-state index in [9.17, 15) is 27.9 Å². The maximum absolute atomic E-state index is 12.6. The van der Waals surface area contributed by atoms with Gasteiger partial charge in [0.15, 0.2) is 0 Å². The molecular formula is C17H21N3O6S. The molecule has 1 aromatic rings. The minimum atomic E-state index is -3.84. The fraction of sp³-hybridized carbons (Fsp3) is 0.471. The summed E-state index contributed by atoms with van der Waals surface area (Å²) in [6.45, 7) is 0.180. The molecule has 9 nitrogen and oxygen atoms in total. The van der Waals surface area contributed by atoms with Crippen molar-refractivity contribution < 1.29 is 27.9 Å². The Hall–Kier alpha value is -2.46. The highest BCUT2D eigenvalue weighted by Gasteiger charge is 2.42. The summed E-state index contributed by atoms with van der Waals surface area (Å²) < 4.78 is 26.3. The number of carbonyl (C=O) groups excluding carboxylic acids is 2. The Balaban J connectivity index is 1.75. The van der Waals surface area contributed by atoms with Crippen LogP contribution in [0.15, 0.2) is 29.2 Å². The first-order chi connectivity index (χ1) is 12.7. The summed E-state index contributed by atoms with van der Waals surface area (Å²) in [7, 11) is -3.84. The number of sulfonamides is 1. The van der Waals surface area contributed by atoms with Gasteiger partial charge in [-0.2, -0.15) is 4.31 Å². The van der Waals surface area contributed by atoms with Gasteiger partial charge >= 0.3 is 5.97 Å². The number of carboxylic acids is 1. The Morgan fingerprint density at radius 1 is 1.15 bits per heavy atom. The highest BCUT2D eigenvalue weighted by molar-refractivity contribution is 7.89. The SMILES string of the molecule is O=C1CN(S(=O)(=O)c2ccc(C(=O)NC3(C(=O)O)CCCC3)cc2)CCN1. The first-order valence-corrected chi connectivity index (χ1v) is 10.1. The standard InChI is InChI=1S/C17H21N3O6S/c21-14-11-20(10-9-18-14)27(25,26)13-5-3-12(4-6-13)15(22)19-17(16(23)24)7-1-2-8-17/h3-6H,1-2,7-11H2,(H,18,21)(H,19,22)(H,23,24). The van der Waals surface area contributed by atoms with Gasteiger partial charge in [-0.05, 0) is 37.1 Å². The number of nitrogens with zero attached hydrogens (tertiary/aromatic N) is 1. The van der Waals surface area contributed by atoms with Crippen molar-refractivity contribution >= 4 is 27.8 Å². The zero-order valence-electron chi connectivity index (χ0n) is 14.6. The van der Waals surface area contributed by atoms with Gasteiger partial charge in [-0.25, -0.2) is 13.2 Å². The van der Waals surface area contributed by atoms with Crippen LogP contribution in [0.2, 0.25) is 0 Å². The van der Waals surface area contributed by atoms with Crippen LogP contribution in [0.25, 0.3) is 0 Å². The van der Waals surface area contributed by atoms with Crippen LogP contribution in [0.3, 0.4) is 0 Å². The van der Waals surface area contributed by atoms with Crippen LogP contribution in [0.4, 0.5) is 0 Å². The first-order valence-electron chi connectivity index (χ1n) is 8.67. The molecule has 0 radical (unpaired) electrons. The van der Waals surface area contributed by atoms with E-state index in [1.165, 1.54) is 24.3 Å². The van der Waals surface area contributed by atoms with E-state index in [1.807, 2.05) is 0 Å². The average molecular weight is 395 g/mol. The minimum Gasteiger partial charge on any atom is -0.480 e. The van der Waals surface area contributed by atoms with Crippen molar-refractivity contribution in [2.75, 3.05) is 19.6 Å². The summed E-state index contributed by atoms with van der Waals surface area (Å²) in [6, 6.07) is 5.27. The molecule has 0 bridgehead atoms. The van der Waals surface area contributed by atoms with E-state index < -0.39 is 27.4 Å². The van der Waals surface area contributed by atoms with Crippen molar-refractivity contribution in [1.29, 1.82) is 0 Å². The third-order valence-electron chi connectivity index (χ3n) is 4.98. The predicted octanol–water partition coefficient (Wildman–Crippen LogP) is -0.0657. The smallest absolute Gasteiger partial charge is 0.329 e. The lowest BCUT2D eigenvalue weighted by Gasteiger charge is -2.26. The van der Waals surface area contributed by atoms with Gasteiger partial charge in [-0.15, -0.1) is 0 Å². The summed E-state index contributed by atoms with van der Waals surface area (Å²) in [6.07, 6.45) is 2.20. The largest absolute Gasteiger partial charge is 0.480 e. The molecule has 2 fully saturated rings. The minimum absolute atomic E-state index is 0.0254. The van der Waals surface area contributed by atoms with Crippen molar-refractivity contribution in [2.24, 2.45) is 0 Å². The van der Waals surface area contributed by atoms with Gasteiger partial charge in [0.2, 0.25) is 15.9 Å². The van der Waals surface area contributed by atoms with E-state index in [0.29, 0.717) is 12.8 Å². The van der Waals surface area contributed by atoms with Crippen molar-refractivity contribution in [1.82, 2.24) is 14.9 Å². The van der Waals surface area contributed by atoms with Crippen LogP contribution in [0, 0.1) is 0 Å². The number of rotatable bonds is 5. The van der Waals surface area contributed by atoms with Gasteiger partial charge in [-0.1, -0.05) is 12.8 Å². The number of nitrogens with one attached hydrogen (secondary N) is 2. The summed E-state index contributed by atoms with van der Waals surface area (Å²) >= 11 is 0. The Kier molecular flexibility index (Phi) is 5.20. The normalized spacial score (nSPS) is 20.1. The summed E-state index contributed by atoms with van der Waals surface area (Å²) in [5.41, 5.74) is -1.08. The van der Waals surface area contributed by atoms with Crippen LogP contribution in [0.1, 0.15) is 36.0 Å². The molecular weight excluding hydrogens is 374 g/mol. The number of hydrogen-bond donors (Lipinski definition) is 3. The van der Waals surface area contributed by atoms with E-state index >= 15 is 0 Å². The third kappa shape index (κ3) is 3.81. The van der Waals surface area contributed by atoms with Gasteiger partial charge in [0.1, 0.15) is 5.54 Å². The maximum Gasteiger partial charge on any atom is 0.329 e. The van der Waals surface area contributed by atoms with E-state index in [1.54, 1.807) is 0 Å². The molecule has 1 aliphatic heterocycles. The lowest BCUT2D eigenvalue weighted by atomic mass is 9.97. The van der Waals surface area contributed by atoms with Gasteiger partial charge in [0.05, 0.1) is 11.4 Å². The fourth-order valence-corrected chi connectivity index (χ4v) is 4.81. The molecule has 1 saturated heterocycles. The second-order valence-electron chi connectivity index (χ2n) is 6.76. The number of carbonyl (C=O) groups is 3. The average Bonchev–Trinajstić information content (AvgIpc) is 3.12. The molecule has 27 heavy (non-hydrogen) atoms. The summed E-state index contributed by atoms with van der Waals surface area (Å²) in [5, 5.41) is 14.6. The molecule has 1 heterocycles. The number of hydrogen-bond acceptors (Lipinski definition) is 5. The zero-order chi connectivity index (χ0) is 19.7. The van der Waals surface area contributed by atoms with Crippen molar-refractivity contribution in [3.05, 3.63) is 29.8 Å². The Bertz CT molecular complexity index is 859. The highest BCUT2D eigenvalue weighted by Crippen LogP contribution is 2.30. The first kappa shape index (κ1) is 19.3. The molecule has 10 heteroatoms. The van der Waals surface area contributed by atoms with Gasteiger partial charge in [0.25, 0.3) is 5.91 Å².